The molecule has 2 N–H and O–H groups in total. The van der Waals surface area contributed by atoms with Crippen molar-refractivity contribution in [1.29, 1.82) is 0 Å². The molecule has 1 fully saturated rings. The zero-order valence-electron chi connectivity index (χ0n) is 11.2. The molecule has 0 aliphatic carbocycles. The summed E-state index contributed by atoms with van der Waals surface area (Å²) >= 11 is 3.49. The first kappa shape index (κ1) is 12.5. The van der Waals surface area contributed by atoms with Crippen LogP contribution in [0.25, 0.3) is 11.3 Å². The molecule has 1 atom stereocenters. The minimum Gasteiger partial charge on any atom is -0.491 e. The number of aromatic nitrogens is 1. The highest BCUT2D eigenvalue weighted by molar-refractivity contribution is 9.10. The van der Waals surface area contributed by atoms with Crippen LogP contribution in [0.1, 0.15) is 30.1 Å². The van der Waals surface area contributed by atoms with Crippen LogP contribution in [-0.2, 0) is 6.42 Å². The van der Waals surface area contributed by atoms with Crippen LogP contribution in [0.3, 0.4) is 0 Å². The highest BCUT2D eigenvalue weighted by Gasteiger charge is 2.29. The molecule has 4 heteroatoms. The van der Waals surface area contributed by atoms with Gasteiger partial charge >= 0.3 is 0 Å². The molecule has 0 bridgehead atoms. The van der Waals surface area contributed by atoms with Gasteiger partial charge in [-0.05, 0) is 31.5 Å². The molecule has 0 spiro atoms. The maximum atomic E-state index is 5.88. The topological polar surface area (TPSA) is 37.0 Å². The van der Waals surface area contributed by atoms with Crippen LogP contribution in [0.2, 0.25) is 0 Å². The molecule has 20 heavy (non-hydrogen) atoms. The van der Waals surface area contributed by atoms with Crippen LogP contribution in [0.4, 0.5) is 0 Å². The maximum absolute atomic E-state index is 5.88. The van der Waals surface area contributed by atoms with E-state index < -0.39 is 0 Å². The summed E-state index contributed by atoms with van der Waals surface area (Å²) in [7, 11) is 0. The average molecular weight is 333 g/mol. The Morgan fingerprint density at radius 3 is 2.80 bits per heavy atom. The first-order valence-corrected chi connectivity index (χ1v) is 7.99. The highest BCUT2D eigenvalue weighted by atomic mass is 79.9. The number of halogens is 1. The quantitative estimate of drug-likeness (QED) is 0.877. The Hall–Kier alpha value is -1.26. The van der Waals surface area contributed by atoms with E-state index in [4.69, 9.17) is 4.74 Å². The van der Waals surface area contributed by atoms with Gasteiger partial charge in [-0.15, -0.1) is 0 Å². The average Bonchev–Trinajstić information content (AvgIpc) is 3.16. The van der Waals surface area contributed by atoms with E-state index in [1.807, 2.05) is 0 Å². The normalized spacial score (nSPS) is 20.9. The lowest BCUT2D eigenvalue weighted by molar-refractivity contribution is 0.357. The predicted molar refractivity (Wildman–Crippen MR) is 83.1 cm³/mol. The number of aromatic amines is 1. The second-order valence-corrected chi connectivity index (χ2v) is 6.39. The van der Waals surface area contributed by atoms with Crippen LogP contribution < -0.4 is 10.1 Å². The third-order valence-electron chi connectivity index (χ3n) is 4.23. The summed E-state index contributed by atoms with van der Waals surface area (Å²) in [5.74, 6) is 1.07. The standard InChI is InChI=1S/C16H17BrN2O/c17-11-5-3-10(4-6-11)14-16-12(7-9-20-16)15(19-14)13-2-1-8-18-13/h3-6,13,18-19H,1-2,7-9H2. The van der Waals surface area contributed by atoms with Gasteiger partial charge in [0.25, 0.3) is 0 Å². The molecule has 0 saturated carbocycles. The van der Waals surface area contributed by atoms with Gasteiger partial charge in [0, 0.05) is 33.8 Å². The molecule has 1 aromatic heterocycles. The first-order chi connectivity index (χ1) is 9.83. The van der Waals surface area contributed by atoms with Crippen molar-refractivity contribution in [1.82, 2.24) is 10.3 Å². The van der Waals surface area contributed by atoms with Gasteiger partial charge in [-0.25, -0.2) is 0 Å². The number of hydrogen-bond acceptors (Lipinski definition) is 2. The van der Waals surface area contributed by atoms with E-state index in [1.54, 1.807) is 0 Å². The minimum atomic E-state index is 0.467. The summed E-state index contributed by atoms with van der Waals surface area (Å²) < 4.78 is 6.98. The van der Waals surface area contributed by atoms with Crippen molar-refractivity contribution in [3.63, 3.8) is 0 Å². The number of fused-ring (bicyclic) bond motifs is 1. The van der Waals surface area contributed by atoms with E-state index >= 15 is 0 Å². The number of nitrogens with one attached hydrogen (secondary N) is 2. The van der Waals surface area contributed by atoms with Crippen LogP contribution >= 0.6 is 15.9 Å². The monoisotopic (exact) mass is 332 g/mol. The lowest BCUT2D eigenvalue weighted by Gasteiger charge is -2.09. The van der Waals surface area contributed by atoms with E-state index in [9.17, 15) is 0 Å². The van der Waals surface area contributed by atoms with E-state index in [0.29, 0.717) is 6.04 Å². The van der Waals surface area contributed by atoms with Crippen molar-refractivity contribution in [2.24, 2.45) is 0 Å². The van der Waals surface area contributed by atoms with Gasteiger partial charge in [0.1, 0.15) is 5.75 Å². The number of benzene rings is 1. The zero-order valence-corrected chi connectivity index (χ0v) is 12.8. The summed E-state index contributed by atoms with van der Waals surface area (Å²) in [5.41, 5.74) is 5.04. The summed E-state index contributed by atoms with van der Waals surface area (Å²) in [6.45, 7) is 1.93. The van der Waals surface area contributed by atoms with E-state index in [-0.39, 0.29) is 0 Å². The fraction of sp³-hybridized carbons (Fsp3) is 0.375. The molecule has 4 rings (SSSR count). The summed E-state index contributed by atoms with van der Waals surface area (Å²) in [6, 6.07) is 8.87. The lowest BCUT2D eigenvalue weighted by atomic mass is 10.1. The van der Waals surface area contributed by atoms with Crippen LogP contribution in [0.15, 0.2) is 28.7 Å². The highest BCUT2D eigenvalue weighted by Crippen LogP contribution is 2.42. The Morgan fingerprint density at radius 2 is 2.05 bits per heavy atom. The second kappa shape index (κ2) is 4.93. The molecule has 104 valence electrons. The second-order valence-electron chi connectivity index (χ2n) is 5.48. The molecule has 1 unspecified atom stereocenters. The van der Waals surface area contributed by atoms with Crippen LogP contribution in [0, 0.1) is 0 Å². The zero-order chi connectivity index (χ0) is 13.5. The van der Waals surface area contributed by atoms with Gasteiger partial charge in [0.2, 0.25) is 0 Å². The third-order valence-corrected chi connectivity index (χ3v) is 4.75. The van der Waals surface area contributed by atoms with Gasteiger partial charge in [-0.1, -0.05) is 28.1 Å². The Bertz CT molecular complexity index is 627. The predicted octanol–water partition coefficient (Wildman–Crippen LogP) is 3.80. The molecule has 2 aliphatic heterocycles. The van der Waals surface area contributed by atoms with Crippen molar-refractivity contribution < 1.29 is 4.74 Å². The van der Waals surface area contributed by atoms with Crippen LogP contribution in [0.5, 0.6) is 5.75 Å². The molecule has 0 amide bonds. The maximum Gasteiger partial charge on any atom is 0.148 e. The molecule has 2 aliphatic rings. The Morgan fingerprint density at radius 1 is 1.20 bits per heavy atom. The first-order valence-electron chi connectivity index (χ1n) is 7.20. The summed E-state index contributed by atoms with van der Waals surface area (Å²) in [5, 5.41) is 3.58. The Kier molecular flexibility index (Phi) is 3.08. The fourth-order valence-electron chi connectivity index (χ4n) is 3.25. The van der Waals surface area contributed by atoms with Crippen molar-refractivity contribution in [2.75, 3.05) is 13.2 Å². The summed E-state index contributed by atoms with van der Waals surface area (Å²) in [4.78, 5) is 3.63. The van der Waals surface area contributed by atoms with Gasteiger partial charge in [-0.3, -0.25) is 0 Å². The van der Waals surface area contributed by atoms with Crippen molar-refractivity contribution in [3.8, 4) is 17.0 Å². The van der Waals surface area contributed by atoms with Crippen LogP contribution in [-0.4, -0.2) is 18.1 Å². The van der Waals surface area contributed by atoms with Crippen molar-refractivity contribution in [3.05, 3.63) is 40.0 Å². The molecule has 1 aromatic carbocycles. The van der Waals surface area contributed by atoms with E-state index in [0.717, 1.165) is 35.5 Å². The molecular formula is C16H17BrN2O. The van der Waals surface area contributed by atoms with Gasteiger partial charge in [0.05, 0.1) is 12.3 Å². The molecule has 1 saturated heterocycles. The van der Waals surface area contributed by atoms with Gasteiger partial charge in [0.15, 0.2) is 0 Å². The number of ether oxygens (including phenoxy) is 1. The smallest absolute Gasteiger partial charge is 0.148 e. The van der Waals surface area contributed by atoms with Crippen molar-refractivity contribution >= 4 is 15.9 Å². The minimum absolute atomic E-state index is 0.467. The molecular weight excluding hydrogens is 316 g/mol. The van der Waals surface area contributed by atoms with E-state index in [1.165, 1.54) is 29.7 Å². The van der Waals surface area contributed by atoms with Gasteiger partial charge in [-0.2, -0.15) is 0 Å². The number of rotatable bonds is 2. The van der Waals surface area contributed by atoms with Gasteiger partial charge < -0.3 is 15.0 Å². The fourth-order valence-corrected chi connectivity index (χ4v) is 3.52. The molecule has 3 nitrogen and oxygen atoms in total. The molecule has 0 radical (unpaired) electrons. The lowest BCUT2D eigenvalue weighted by Crippen LogP contribution is -2.14. The SMILES string of the molecule is Brc1ccc(-c2[nH]c(C3CCCN3)c3c2OCC3)cc1. The molecule has 2 aromatic rings. The van der Waals surface area contributed by atoms with E-state index in [2.05, 4.69) is 50.5 Å². The largest absolute Gasteiger partial charge is 0.491 e. The number of hydrogen-bond donors (Lipinski definition) is 2. The Balaban J connectivity index is 1.80. The summed E-state index contributed by atoms with van der Waals surface area (Å²) in [6.07, 6.45) is 3.50. The number of H-pyrrole nitrogens is 1. The third kappa shape index (κ3) is 1.98. The molecule has 3 heterocycles. The van der Waals surface area contributed by atoms with Crippen molar-refractivity contribution in [2.45, 2.75) is 25.3 Å². The Labute approximate surface area is 126 Å².